The zero-order chi connectivity index (χ0) is 12.3. The summed E-state index contributed by atoms with van der Waals surface area (Å²) in [4.78, 5) is 3.84. The van der Waals surface area contributed by atoms with Crippen LogP contribution in [0.2, 0.25) is 10.4 Å². The Morgan fingerprint density at radius 2 is 2.06 bits per heavy atom. The highest BCUT2D eigenvalue weighted by Gasteiger charge is 2.07. The summed E-state index contributed by atoms with van der Waals surface area (Å²) in [6.45, 7) is 0.328. The van der Waals surface area contributed by atoms with Crippen LogP contribution in [0.1, 0.15) is 5.56 Å². The average Bonchev–Trinajstić information content (AvgIpc) is 2.30. The molecule has 0 atom stereocenters. The second-order valence-electron chi connectivity index (χ2n) is 3.10. The van der Waals surface area contributed by atoms with Crippen LogP contribution in [0, 0.1) is 0 Å². The van der Waals surface area contributed by atoms with Crippen LogP contribution >= 0.6 is 39.1 Å². The molecule has 0 fully saturated rings. The molecule has 0 N–H and O–H groups in total. The van der Waals surface area contributed by atoms with Crippen molar-refractivity contribution < 1.29 is 4.74 Å². The van der Waals surface area contributed by atoms with Gasteiger partial charge in [0, 0.05) is 4.47 Å². The predicted molar refractivity (Wildman–Crippen MR) is 68.3 cm³/mol. The molecule has 2 aromatic rings. The minimum Gasteiger partial charge on any atom is -0.470 e. The Labute approximate surface area is 116 Å². The van der Waals surface area contributed by atoms with Crippen LogP contribution in [0.15, 0.2) is 28.7 Å². The molecule has 0 unspecified atom stereocenters. The molecular formula is C10H6BrCl2N3O. The molecule has 0 aliphatic carbocycles. The largest absolute Gasteiger partial charge is 0.470 e. The quantitative estimate of drug-likeness (QED) is 0.861. The van der Waals surface area contributed by atoms with Gasteiger partial charge in [-0.2, -0.15) is 4.98 Å². The van der Waals surface area contributed by atoms with Gasteiger partial charge < -0.3 is 4.74 Å². The van der Waals surface area contributed by atoms with Gasteiger partial charge in [0.25, 0.3) is 5.88 Å². The minimum atomic E-state index is -0.00126. The molecule has 0 saturated heterocycles. The van der Waals surface area contributed by atoms with Crippen molar-refractivity contribution in [3.63, 3.8) is 0 Å². The van der Waals surface area contributed by atoms with Crippen LogP contribution in [0.3, 0.4) is 0 Å². The summed E-state index contributed by atoms with van der Waals surface area (Å²) in [6.07, 6.45) is 0. The maximum absolute atomic E-state index is 5.76. The molecule has 17 heavy (non-hydrogen) atoms. The molecule has 0 radical (unpaired) electrons. The van der Waals surface area contributed by atoms with Crippen LogP contribution in [-0.2, 0) is 6.61 Å². The normalized spacial score (nSPS) is 10.3. The van der Waals surface area contributed by atoms with E-state index in [1.165, 1.54) is 0 Å². The van der Waals surface area contributed by atoms with Crippen molar-refractivity contribution in [2.45, 2.75) is 6.61 Å². The lowest BCUT2D eigenvalue weighted by atomic mass is 10.2. The zero-order valence-electron chi connectivity index (χ0n) is 8.40. The summed E-state index contributed by atoms with van der Waals surface area (Å²) in [5, 5.41) is 7.17. The smallest absolute Gasteiger partial charge is 0.257 e. The number of halogens is 3. The summed E-state index contributed by atoms with van der Waals surface area (Å²) < 4.78 is 6.38. The minimum absolute atomic E-state index is 0.00126. The van der Waals surface area contributed by atoms with E-state index >= 15 is 0 Å². The first-order chi connectivity index (χ1) is 8.15. The Kier molecular flexibility index (Phi) is 4.15. The number of rotatable bonds is 3. The third kappa shape index (κ3) is 3.52. The highest BCUT2D eigenvalue weighted by Crippen LogP contribution is 2.21. The van der Waals surface area contributed by atoms with Gasteiger partial charge in [-0.05, 0) is 29.3 Å². The van der Waals surface area contributed by atoms with Crippen LogP contribution in [0.4, 0.5) is 0 Å². The van der Waals surface area contributed by atoms with Crippen molar-refractivity contribution in [1.29, 1.82) is 0 Å². The molecular weight excluding hydrogens is 329 g/mol. The molecule has 0 bridgehead atoms. The molecule has 1 aromatic heterocycles. The van der Waals surface area contributed by atoms with Crippen LogP contribution in [0.5, 0.6) is 5.88 Å². The summed E-state index contributed by atoms with van der Waals surface area (Å²) in [6, 6.07) is 7.70. The first-order valence-electron chi connectivity index (χ1n) is 4.58. The molecule has 0 aliphatic heterocycles. The molecule has 0 spiro atoms. The van der Waals surface area contributed by atoms with Crippen LogP contribution < -0.4 is 4.74 Å². The molecule has 2 rings (SSSR count). The van der Waals surface area contributed by atoms with Gasteiger partial charge in [0.1, 0.15) is 6.61 Å². The number of aromatic nitrogens is 3. The highest BCUT2D eigenvalue weighted by molar-refractivity contribution is 9.10. The molecule has 88 valence electrons. The van der Waals surface area contributed by atoms with Crippen LogP contribution in [-0.4, -0.2) is 15.2 Å². The van der Waals surface area contributed by atoms with E-state index in [0.29, 0.717) is 6.61 Å². The lowest BCUT2D eigenvalue weighted by Gasteiger charge is -2.06. The van der Waals surface area contributed by atoms with Gasteiger partial charge in [-0.1, -0.05) is 39.7 Å². The van der Waals surface area contributed by atoms with Crippen molar-refractivity contribution in [2.75, 3.05) is 0 Å². The van der Waals surface area contributed by atoms with Crippen molar-refractivity contribution >= 4 is 39.1 Å². The lowest BCUT2D eigenvalue weighted by molar-refractivity contribution is 0.291. The van der Waals surface area contributed by atoms with Gasteiger partial charge in [0.2, 0.25) is 10.4 Å². The number of benzene rings is 1. The Morgan fingerprint density at radius 3 is 2.82 bits per heavy atom. The summed E-state index contributed by atoms with van der Waals surface area (Å²) in [5.74, 6) is 0.173. The molecule has 1 heterocycles. The van der Waals surface area contributed by atoms with E-state index < -0.39 is 0 Å². The Hall–Kier alpha value is -0.910. The monoisotopic (exact) mass is 333 g/mol. The van der Waals surface area contributed by atoms with E-state index in [-0.39, 0.29) is 16.3 Å². The molecule has 0 aliphatic rings. The van der Waals surface area contributed by atoms with Gasteiger partial charge in [-0.15, -0.1) is 10.2 Å². The fourth-order valence-corrected chi connectivity index (χ4v) is 1.85. The fourth-order valence-electron chi connectivity index (χ4n) is 1.15. The van der Waals surface area contributed by atoms with E-state index in [0.717, 1.165) is 10.0 Å². The fraction of sp³-hybridized carbons (Fsp3) is 0.100. The Bertz CT molecular complexity index is 539. The molecule has 0 amide bonds. The predicted octanol–water partition coefficient (Wildman–Crippen LogP) is 3.52. The SMILES string of the molecule is Clc1nnc(Cl)c(OCc2cccc(Br)c2)n1. The number of ether oxygens (including phenoxy) is 1. The standard InChI is InChI=1S/C10H6BrCl2N3O/c11-7-3-1-2-6(4-7)5-17-9-8(12)15-16-10(13)14-9/h1-4H,5H2. The average molecular weight is 335 g/mol. The van der Waals surface area contributed by atoms with Crippen molar-refractivity contribution in [3.05, 3.63) is 44.7 Å². The van der Waals surface area contributed by atoms with Gasteiger partial charge in [-0.25, -0.2) is 0 Å². The Balaban J connectivity index is 2.09. The van der Waals surface area contributed by atoms with E-state index in [9.17, 15) is 0 Å². The van der Waals surface area contributed by atoms with E-state index in [1.807, 2.05) is 24.3 Å². The number of hydrogen-bond donors (Lipinski definition) is 0. The topological polar surface area (TPSA) is 47.9 Å². The van der Waals surface area contributed by atoms with Gasteiger partial charge in [-0.3, -0.25) is 0 Å². The first kappa shape index (κ1) is 12.5. The van der Waals surface area contributed by atoms with E-state index in [1.54, 1.807) is 0 Å². The van der Waals surface area contributed by atoms with Crippen LogP contribution in [0.25, 0.3) is 0 Å². The third-order valence-electron chi connectivity index (χ3n) is 1.86. The van der Waals surface area contributed by atoms with Gasteiger partial charge >= 0.3 is 0 Å². The summed E-state index contributed by atoms with van der Waals surface area (Å²) in [5.41, 5.74) is 0.977. The molecule has 0 saturated carbocycles. The second kappa shape index (κ2) is 5.62. The second-order valence-corrected chi connectivity index (χ2v) is 4.71. The molecule has 7 heteroatoms. The Morgan fingerprint density at radius 1 is 1.24 bits per heavy atom. The van der Waals surface area contributed by atoms with Crippen molar-refractivity contribution in [2.24, 2.45) is 0 Å². The first-order valence-corrected chi connectivity index (χ1v) is 6.13. The summed E-state index contributed by atoms with van der Waals surface area (Å²) >= 11 is 14.7. The van der Waals surface area contributed by atoms with E-state index in [2.05, 4.69) is 31.1 Å². The van der Waals surface area contributed by atoms with E-state index in [4.69, 9.17) is 27.9 Å². The van der Waals surface area contributed by atoms with Gasteiger partial charge in [0.15, 0.2) is 0 Å². The molecule has 1 aromatic carbocycles. The van der Waals surface area contributed by atoms with Gasteiger partial charge in [0.05, 0.1) is 0 Å². The highest BCUT2D eigenvalue weighted by atomic mass is 79.9. The maximum atomic E-state index is 5.76. The zero-order valence-corrected chi connectivity index (χ0v) is 11.5. The molecule has 4 nitrogen and oxygen atoms in total. The lowest BCUT2D eigenvalue weighted by Crippen LogP contribution is -2.00. The van der Waals surface area contributed by atoms with Crippen molar-refractivity contribution in [3.8, 4) is 5.88 Å². The summed E-state index contributed by atoms with van der Waals surface area (Å²) in [7, 11) is 0. The maximum Gasteiger partial charge on any atom is 0.257 e. The van der Waals surface area contributed by atoms with Crippen molar-refractivity contribution in [1.82, 2.24) is 15.2 Å². The number of nitrogens with zero attached hydrogens (tertiary/aromatic N) is 3. The number of hydrogen-bond acceptors (Lipinski definition) is 4. The third-order valence-corrected chi connectivity index (χ3v) is 2.75.